The first-order valence-electron chi connectivity index (χ1n) is 8.45. The lowest BCUT2D eigenvalue weighted by Gasteiger charge is -2.41. The van der Waals surface area contributed by atoms with Gasteiger partial charge in [-0.05, 0) is 50.5 Å². The molecule has 2 N–H and O–H groups in total. The van der Waals surface area contributed by atoms with Gasteiger partial charge in [0.1, 0.15) is 0 Å². The zero-order valence-corrected chi connectivity index (χ0v) is 17.5. The molecule has 1 aliphatic carbocycles. The third-order valence-corrected chi connectivity index (χ3v) is 5.34. The van der Waals surface area contributed by atoms with Gasteiger partial charge in [0.25, 0.3) is 0 Å². The molecule has 0 aliphatic heterocycles. The SMILES string of the molecule is CCC1(CNC(=NC)NCCc2c(C)nn(C)c2C)CCC1.I. The molecule has 0 spiro atoms. The highest BCUT2D eigenvalue weighted by molar-refractivity contribution is 14.0. The molecule has 1 fully saturated rings. The topological polar surface area (TPSA) is 54.2 Å². The van der Waals surface area contributed by atoms with E-state index in [4.69, 9.17) is 0 Å². The molecule has 0 unspecified atom stereocenters. The Morgan fingerprint density at radius 1 is 1.30 bits per heavy atom. The Morgan fingerprint density at radius 2 is 2.00 bits per heavy atom. The molecule has 132 valence electrons. The van der Waals surface area contributed by atoms with Crippen LogP contribution < -0.4 is 10.6 Å². The molecule has 0 bridgehead atoms. The Morgan fingerprint density at radius 3 is 2.43 bits per heavy atom. The van der Waals surface area contributed by atoms with Crippen LogP contribution in [0.25, 0.3) is 0 Å². The predicted octanol–water partition coefficient (Wildman–Crippen LogP) is 2.94. The van der Waals surface area contributed by atoms with Crippen molar-refractivity contribution in [3.63, 3.8) is 0 Å². The second-order valence-electron chi connectivity index (χ2n) is 6.58. The first kappa shape index (κ1) is 20.3. The fraction of sp³-hybridized carbons (Fsp3) is 0.765. The van der Waals surface area contributed by atoms with Crippen LogP contribution in [0.5, 0.6) is 0 Å². The summed E-state index contributed by atoms with van der Waals surface area (Å²) >= 11 is 0. The Labute approximate surface area is 157 Å². The van der Waals surface area contributed by atoms with Gasteiger partial charge in [0, 0.05) is 32.9 Å². The number of nitrogens with one attached hydrogen (secondary N) is 2. The number of halogens is 1. The Kier molecular flexibility index (Phi) is 7.83. The second-order valence-corrected chi connectivity index (χ2v) is 6.58. The standard InChI is InChI=1S/C17H31N5.HI/c1-6-17(9-7-10-17)12-20-16(18-4)19-11-8-15-13(2)21-22(5)14(15)3;/h6-12H2,1-5H3,(H2,18,19,20);1H. The van der Waals surface area contributed by atoms with Crippen LogP contribution >= 0.6 is 24.0 Å². The van der Waals surface area contributed by atoms with Crippen LogP contribution in [-0.4, -0.2) is 35.9 Å². The summed E-state index contributed by atoms with van der Waals surface area (Å²) in [4.78, 5) is 4.34. The lowest BCUT2D eigenvalue weighted by Crippen LogP contribution is -2.46. The van der Waals surface area contributed by atoms with Gasteiger partial charge in [-0.15, -0.1) is 24.0 Å². The van der Waals surface area contributed by atoms with Gasteiger partial charge in [0.2, 0.25) is 0 Å². The molecule has 0 amide bonds. The lowest BCUT2D eigenvalue weighted by molar-refractivity contribution is 0.131. The van der Waals surface area contributed by atoms with Gasteiger partial charge in [-0.25, -0.2) is 0 Å². The molecule has 23 heavy (non-hydrogen) atoms. The molecule has 0 saturated heterocycles. The first-order valence-corrected chi connectivity index (χ1v) is 8.45. The van der Waals surface area contributed by atoms with Crippen molar-refractivity contribution in [1.82, 2.24) is 20.4 Å². The van der Waals surface area contributed by atoms with Gasteiger partial charge in [-0.3, -0.25) is 9.67 Å². The van der Waals surface area contributed by atoms with E-state index in [0.717, 1.165) is 31.2 Å². The Balaban J connectivity index is 0.00000264. The van der Waals surface area contributed by atoms with Gasteiger partial charge in [-0.1, -0.05) is 13.3 Å². The van der Waals surface area contributed by atoms with Crippen molar-refractivity contribution in [2.75, 3.05) is 20.1 Å². The molecule has 5 nitrogen and oxygen atoms in total. The van der Waals surface area contributed by atoms with Crippen molar-refractivity contribution in [2.45, 2.75) is 52.9 Å². The molecule has 6 heteroatoms. The largest absolute Gasteiger partial charge is 0.356 e. The van der Waals surface area contributed by atoms with Crippen LogP contribution in [0.15, 0.2) is 4.99 Å². The molecule has 0 atom stereocenters. The van der Waals surface area contributed by atoms with E-state index in [0.29, 0.717) is 5.41 Å². The summed E-state index contributed by atoms with van der Waals surface area (Å²) in [5.41, 5.74) is 4.23. The highest BCUT2D eigenvalue weighted by Crippen LogP contribution is 2.42. The van der Waals surface area contributed by atoms with Crippen LogP contribution in [0.1, 0.15) is 49.6 Å². The maximum absolute atomic E-state index is 4.47. The Bertz CT molecular complexity index is 526. The summed E-state index contributed by atoms with van der Waals surface area (Å²) in [6.45, 7) is 8.42. The first-order chi connectivity index (χ1) is 10.5. The van der Waals surface area contributed by atoms with Gasteiger partial charge in [0.15, 0.2) is 5.96 Å². The molecular formula is C17H32IN5. The number of hydrogen-bond acceptors (Lipinski definition) is 2. The molecule has 1 aromatic rings. The average molecular weight is 433 g/mol. The molecule has 0 radical (unpaired) electrons. The fourth-order valence-corrected chi connectivity index (χ4v) is 3.31. The van der Waals surface area contributed by atoms with Crippen molar-refractivity contribution in [2.24, 2.45) is 17.5 Å². The summed E-state index contributed by atoms with van der Waals surface area (Å²) < 4.78 is 1.96. The maximum Gasteiger partial charge on any atom is 0.191 e. The average Bonchev–Trinajstić information content (AvgIpc) is 2.70. The summed E-state index contributed by atoms with van der Waals surface area (Å²) in [6, 6.07) is 0. The van der Waals surface area contributed by atoms with E-state index in [2.05, 4.69) is 41.5 Å². The smallest absolute Gasteiger partial charge is 0.191 e. The van der Waals surface area contributed by atoms with Crippen LogP contribution in [0.2, 0.25) is 0 Å². The summed E-state index contributed by atoms with van der Waals surface area (Å²) in [5.74, 6) is 0.916. The van der Waals surface area contributed by atoms with Crippen molar-refractivity contribution in [3.05, 3.63) is 17.0 Å². The number of aryl methyl sites for hydroxylation is 2. The van der Waals surface area contributed by atoms with Crippen molar-refractivity contribution in [3.8, 4) is 0 Å². The number of aromatic nitrogens is 2. The maximum atomic E-state index is 4.47. The molecular weight excluding hydrogens is 401 g/mol. The Hall–Kier alpha value is -0.790. The van der Waals surface area contributed by atoms with Gasteiger partial charge < -0.3 is 10.6 Å². The zero-order valence-electron chi connectivity index (χ0n) is 15.2. The van der Waals surface area contributed by atoms with E-state index in [9.17, 15) is 0 Å². The third-order valence-electron chi connectivity index (χ3n) is 5.34. The van der Waals surface area contributed by atoms with Gasteiger partial charge >= 0.3 is 0 Å². The quantitative estimate of drug-likeness (QED) is 0.412. The zero-order chi connectivity index (χ0) is 16.2. The van der Waals surface area contributed by atoms with E-state index >= 15 is 0 Å². The minimum absolute atomic E-state index is 0. The number of nitrogens with zero attached hydrogens (tertiary/aromatic N) is 3. The van der Waals surface area contributed by atoms with E-state index < -0.39 is 0 Å². The number of guanidine groups is 1. The summed E-state index contributed by atoms with van der Waals surface area (Å²) in [5, 5.41) is 11.4. The summed E-state index contributed by atoms with van der Waals surface area (Å²) in [6.07, 6.45) is 6.31. The van der Waals surface area contributed by atoms with E-state index in [1.807, 2.05) is 18.8 Å². The van der Waals surface area contributed by atoms with Crippen molar-refractivity contribution < 1.29 is 0 Å². The van der Waals surface area contributed by atoms with E-state index in [-0.39, 0.29) is 24.0 Å². The van der Waals surface area contributed by atoms with E-state index in [1.165, 1.54) is 36.9 Å². The molecule has 1 aliphatic rings. The minimum Gasteiger partial charge on any atom is -0.356 e. The van der Waals surface area contributed by atoms with Crippen LogP contribution in [0, 0.1) is 19.3 Å². The summed E-state index contributed by atoms with van der Waals surface area (Å²) in [7, 11) is 3.85. The fourth-order valence-electron chi connectivity index (χ4n) is 3.31. The van der Waals surface area contributed by atoms with Crippen LogP contribution in [0.4, 0.5) is 0 Å². The molecule has 1 aromatic heterocycles. The number of rotatable bonds is 6. The van der Waals surface area contributed by atoms with Crippen LogP contribution in [-0.2, 0) is 13.5 Å². The van der Waals surface area contributed by atoms with E-state index in [1.54, 1.807) is 0 Å². The number of hydrogen-bond donors (Lipinski definition) is 2. The second kappa shape index (κ2) is 8.89. The highest BCUT2D eigenvalue weighted by atomic mass is 127. The molecule has 1 heterocycles. The predicted molar refractivity (Wildman–Crippen MR) is 108 cm³/mol. The normalized spacial score (nSPS) is 16.5. The molecule has 0 aromatic carbocycles. The lowest BCUT2D eigenvalue weighted by atomic mass is 9.67. The minimum atomic E-state index is 0. The van der Waals surface area contributed by atoms with Crippen molar-refractivity contribution >= 4 is 29.9 Å². The van der Waals surface area contributed by atoms with Gasteiger partial charge in [-0.2, -0.15) is 5.10 Å². The third kappa shape index (κ3) is 4.84. The number of aliphatic imine (C=N–C) groups is 1. The molecule has 2 rings (SSSR count). The van der Waals surface area contributed by atoms with Gasteiger partial charge in [0.05, 0.1) is 5.69 Å². The van der Waals surface area contributed by atoms with Crippen molar-refractivity contribution in [1.29, 1.82) is 0 Å². The molecule has 1 saturated carbocycles. The van der Waals surface area contributed by atoms with Crippen LogP contribution in [0.3, 0.4) is 0 Å². The highest BCUT2D eigenvalue weighted by Gasteiger charge is 2.34. The monoisotopic (exact) mass is 433 g/mol.